The van der Waals surface area contributed by atoms with Crippen LogP contribution in [0.1, 0.15) is 59.3 Å². The van der Waals surface area contributed by atoms with E-state index in [0.717, 1.165) is 19.1 Å². The summed E-state index contributed by atoms with van der Waals surface area (Å²) < 4.78 is 0. The fourth-order valence-electron chi connectivity index (χ4n) is 2.29. The quantitative estimate of drug-likeness (QED) is 0.472. The van der Waals surface area contributed by atoms with Gasteiger partial charge in [0.15, 0.2) is 0 Å². The standard InChI is InChI=1S/C16H32N2/c1-5-13-18(15-10-11-15)14-9-7-6-8-12-17-16(2,3)4/h5,15,17H,1,6-14H2,2-4H3. The van der Waals surface area contributed by atoms with Crippen LogP contribution in [-0.4, -0.2) is 36.1 Å². The van der Waals surface area contributed by atoms with Crippen molar-refractivity contribution < 1.29 is 0 Å². The van der Waals surface area contributed by atoms with Gasteiger partial charge in [0.2, 0.25) is 0 Å². The van der Waals surface area contributed by atoms with E-state index in [4.69, 9.17) is 0 Å². The molecular formula is C16H32N2. The van der Waals surface area contributed by atoms with Gasteiger partial charge in [-0.05, 0) is 59.5 Å². The number of nitrogens with zero attached hydrogens (tertiary/aromatic N) is 1. The van der Waals surface area contributed by atoms with Crippen LogP contribution in [-0.2, 0) is 0 Å². The Morgan fingerprint density at radius 3 is 2.39 bits per heavy atom. The van der Waals surface area contributed by atoms with E-state index in [1.54, 1.807) is 0 Å². The van der Waals surface area contributed by atoms with Crippen LogP contribution in [0.5, 0.6) is 0 Å². The van der Waals surface area contributed by atoms with Crippen LogP contribution in [0.4, 0.5) is 0 Å². The number of unbranched alkanes of at least 4 members (excludes halogenated alkanes) is 3. The van der Waals surface area contributed by atoms with Crippen LogP contribution < -0.4 is 5.32 Å². The summed E-state index contributed by atoms with van der Waals surface area (Å²) in [6, 6.07) is 0.880. The van der Waals surface area contributed by atoms with Crippen molar-refractivity contribution in [2.45, 2.75) is 70.9 Å². The Hall–Kier alpha value is -0.340. The van der Waals surface area contributed by atoms with Gasteiger partial charge in [-0.3, -0.25) is 4.90 Å². The Kier molecular flexibility index (Phi) is 6.95. The summed E-state index contributed by atoms with van der Waals surface area (Å²) in [7, 11) is 0. The van der Waals surface area contributed by atoms with Crippen molar-refractivity contribution in [2.24, 2.45) is 0 Å². The fourth-order valence-corrected chi connectivity index (χ4v) is 2.29. The van der Waals surface area contributed by atoms with Crippen molar-refractivity contribution in [3.63, 3.8) is 0 Å². The molecule has 0 radical (unpaired) electrons. The number of hydrogen-bond donors (Lipinski definition) is 1. The van der Waals surface area contributed by atoms with Crippen molar-refractivity contribution in [1.29, 1.82) is 0 Å². The van der Waals surface area contributed by atoms with Gasteiger partial charge in [-0.1, -0.05) is 18.9 Å². The Labute approximate surface area is 114 Å². The van der Waals surface area contributed by atoms with Crippen LogP contribution in [0.15, 0.2) is 12.7 Å². The minimum Gasteiger partial charge on any atom is -0.312 e. The highest BCUT2D eigenvalue weighted by Crippen LogP contribution is 2.26. The molecule has 0 aromatic carbocycles. The number of hydrogen-bond acceptors (Lipinski definition) is 2. The van der Waals surface area contributed by atoms with Crippen LogP contribution in [0, 0.1) is 0 Å². The second-order valence-corrected chi connectivity index (χ2v) is 6.61. The van der Waals surface area contributed by atoms with Crippen LogP contribution in [0.2, 0.25) is 0 Å². The summed E-state index contributed by atoms with van der Waals surface area (Å²) in [6.07, 6.45) is 10.2. The van der Waals surface area contributed by atoms with Crippen LogP contribution in [0.3, 0.4) is 0 Å². The Morgan fingerprint density at radius 1 is 1.17 bits per heavy atom. The lowest BCUT2D eigenvalue weighted by Crippen LogP contribution is -2.36. The highest BCUT2D eigenvalue weighted by Gasteiger charge is 2.27. The first-order chi connectivity index (χ1) is 8.53. The van der Waals surface area contributed by atoms with Crippen LogP contribution in [0.25, 0.3) is 0 Å². The first kappa shape index (κ1) is 15.7. The van der Waals surface area contributed by atoms with Gasteiger partial charge in [0.25, 0.3) is 0 Å². The summed E-state index contributed by atoms with van der Waals surface area (Å²) in [5.74, 6) is 0. The lowest BCUT2D eigenvalue weighted by atomic mass is 10.1. The van der Waals surface area contributed by atoms with Gasteiger partial charge >= 0.3 is 0 Å². The average Bonchev–Trinajstić information content (AvgIpc) is 3.08. The smallest absolute Gasteiger partial charge is 0.0163 e. The second kappa shape index (κ2) is 7.96. The first-order valence-corrected chi connectivity index (χ1v) is 7.63. The van der Waals surface area contributed by atoms with Crippen molar-refractivity contribution in [2.75, 3.05) is 19.6 Å². The molecule has 0 bridgehead atoms. The van der Waals surface area contributed by atoms with Crippen LogP contribution >= 0.6 is 0 Å². The lowest BCUT2D eigenvalue weighted by molar-refractivity contribution is 0.284. The molecule has 2 nitrogen and oxygen atoms in total. The van der Waals surface area contributed by atoms with Crippen molar-refractivity contribution in [3.05, 3.63) is 12.7 Å². The van der Waals surface area contributed by atoms with E-state index in [9.17, 15) is 0 Å². The molecule has 0 spiro atoms. The molecule has 1 saturated carbocycles. The molecule has 18 heavy (non-hydrogen) atoms. The van der Waals surface area contributed by atoms with E-state index in [1.807, 2.05) is 6.08 Å². The maximum Gasteiger partial charge on any atom is 0.0163 e. The lowest BCUT2D eigenvalue weighted by Gasteiger charge is -2.21. The van der Waals surface area contributed by atoms with E-state index in [-0.39, 0.29) is 5.54 Å². The van der Waals surface area contributed by atoms with E-state index < -0.39 is 0 Å². The number of rotatable bonds is 10. The minimum absolute atomic E-state index is 0.271. The monoisotopic (exact) mass is 252 g/mol. The highest BCUT2D eigenvalue weighted by molar-refractivity contribution is 4.88. The van der Waals surface area contributed by atoms with E-state index in [0.29, 0.717) is 0 Å². The van der Waals surface area contributed by atoms with Crippen molar-refractivity contribution in [3.8, 4) is 0 Å². The normalized spacial score (nSPS) is 16.2. The predicted octanol–water partition coefficient (Wildman–Crippen LogP) is 3.59. The Morgan fingerprint density at radius 2 is 1.83 bits per heavy atom. The second-order valence-electron chi connectivity index (χ2n) is 6.61. The fraction of sp³-hybridized carbons (Fsp3) is 0.875. The third kappa shape index (κ3) is 7.88. The first-order valence-electron chi connectivity index (χ1n) is 7.63. The largest absolute Gasteiger partial charge is 0.312 e. The molecule has 1 aliphatic carbocycles. The minimum atomic E-state index is 0.271. The molecule has 0 amide bonds. The third-order valence-corrected chi connectivity index (χ3v) is 3.45. The summed E-state index contributed by atoms with van der Waals surface area (Å²) in [5.41, 5.74) is 0.271. The molecule has 1 N–H and O–H groups in total. The molecule has 0 aromatic rings. The van der Waals surface area contributed by atoms with Gasteiger partial charge in [-0.2, -0.15) is 0 Å². The molecule has 106 valence electrons. The molecule has 0 aliphatic heterocycles. The molecule has 0 saturated heterocycles. The van der Waals surface area contributed by atoms with Crippen molar-refractivity contribution in [1.82, 2.24) is 10.2 Å². The highest BCUT2D eigenvalue weighted by atomic mass is 15.2. The molecule has 0 atom stereocenters. The van der Waals surface area contributed by atoms with E-state index >= 15 is 0 Å². The van der Waals surface area contributed by atoms with Gasteiger partial charge in [0.1, 0.15) is 0 Å². The number of nitrogens with one attached hydrogen (secondary N) is 1. The predicted molar refractivity (Wildman–Crippen MR) is 81.0 cm³/mol. The molecule has 1 rings (SSSR count). The summed E-state index contributed by atoms with van der Waals surface area (Å²) in [4.78, 5) is 2.60. The van der Waals surface area contributed by atoms with Gasteiger partial charge < -0.3 is 5.32 Å². The molecule has 0 heterocycles. The zero-order valence-corrected chi connectivity index (χ0v) is 12.7. The topological polar surface area (TPSA) is 15.3 Å². The van der Waals surface area contributed by atoms with Gasteiger partial charge in [-0.25, -0.2) is 0 Å². The maximum absolute atomic E-state index is 3.85. The Bertz CT molecular complexity index is 226. The molecule has 1 fully saturated rings. The summed E-state index contributed by atoms with van der Waals surface area (Å²) in [6.45, 7) is 14.1. The average molecular weight is 252 g/mol. The van der Waals surface area contributed by atoms with Crippen molar-refractivity contribution >= 4 is 0 Å². The SMILES string of the molecule is C=CCN(CCCCCCNC(C)(C)C)C1CC1. The van der Waals surface area contributed by atoms with Gasteiger partial charge in [0.05, 0.1) is 0 Å². The molecule has 1 aliphatic rings. The van der Waals surface area contributed by atoms with E-state index in [2.05, 4.69) is 37.6 Å². The zero-order chi connectivity index (χ0) is 13.4. The molecule has 2 heteroatoms. The zero-order valence-electron chi connectivity index (χ0n) is 12.7. The van der Waals surface area contributed by atoms with Gasteiger partial charge in [0, 0.05) is 18.1 Å². The third-order valence-electron chi connectivity index (χ3n) is 3.45. The molecule has 0 unspecified atom stereocenters. The summed E-state index contributed by atoms with van der Waals surface area (Å²) >= 11 is 0. The maximum atomic E-state index is 3.85. The Balaban J connectivity index is 1.92. The van der Waals surface area contributed by atoms with Gasteiger partial charge in [-0.15, -0.1) is 6.58 Å². The molecular weight excluding hydrogens is 220 g/mol. The van der Waals surface area contributed by atoms with E-state index in [1.165, 1.54) is 45.1 Å². The summed E-state index contributed by atoms with van der Waals surface area (Å²) in [5, 5.41) is 3.55. The molecule has 0 aromatic heterocycles.